The van der Waals surface area contributed by atoms with Crippen LogP contribution in [0, 0.1) is 0 Å². The molecule has 0 aliphatic heterocycles. The summed E-state index contributed by atoms with van der Waals surface area (Å²) in [4.78, 5) is 47.9. The molecule has 0 aliphatic rings. The van der Waals surface area contributed by atoms with Crippen molar-refractivity contribution < 1.29 is 19.2 Å². The molecule has 6 heteroatoms. The first kappa shape index (κ1) is 17.6. The molecule has 0 aliphatic carbocycles. The molecular formula is C13H22N2O4. The summed E-state index contributed by atoms with van der Waals surface area (Å²) < 4.78 is 0. The van der Waals surface area contributed by atoms with Crippen LogP contribution in [0.25, 0.3) is 0 Å². The van der Waals surface area contributed by atoms with E-state index < -0.39 is 0 Å². The Labute approximate surface area is 113 Å². The fraction of sp³-hybridized carbons (Fsp3) is 0.692. The van der Waals surface area contributed by atoms with Crippen LogP contribution >= 0.6 is 0 Å². The Morgan fingerprint density at radius 2 is 0.789 bits per heavy atom. The third-order valence-electron chi connectivity index (χ3n) is 2.19. The lowest BCUT2D eigenvalue weighted by Gasteiger charge is -2.27. The van der Waals surface area contributed by atoms with Gasteiger partial charge in [0.2, 0.25) is 0 Å². The van der Waals surface area contributed by atoms with E-state index in [2.05, 4.69) is 0 Å². The van der Waals surface area contributed by atoms with E-state index in [1.807, 2.05) is 0 Å². The van der Waals surface area contributed by atoms with Crippen molar-refractivity contribution in [2.45, 2.75) is 27.7 Å². The predicted octanol–water partition coefficient (Wildman–Crippen LogP) is -0.0961. The second-order valence-corrected chi connectivity index (χ2v) is 4.92. The van der Waals surface area contributed by atoms with Crippen LogP contribution in [0.4, 0.5) is 0 Å². The average Bonchev–Trinajstić information content (AvgIpc) is 2.11. The van der Waals surface area contributed by atoms with Gasteiger partial charge in [0.1, 0.15) is 23.1 Å². The minimum atomic E-state index is -0.0631. The standard InChI is InChI=1S/C13H22N2O4/c1-10(16)5-14(6-11(2)17)9-15(7-12(3)18)8-13(4)19/h5-9H2,1-4H3. The Balaban J connectivity index is 4.68. The molecule has 0 N–H and O–H groups in total. The summed E-state index contributed by atoms with van der Waals surface area (Å²) in [5, 5.41) is 0. The number of ketones is 4. The minimum Gasteiger partial charge on any atom is -0.299 e. The first-order valence-electron chi connectivity index (χ1n) is 6.13. The molecule has 0 rings (SSSR count). The van der Waals surface area contributed by atoms with E-state index in [4.69, 9.17) is 0 Å². The van der Waals surface area contributed by atoms with E-state index in [9.17, 15) is 19.2 Å². The highest BCUT2D eigenvalue weighted by molar-refractivity contribution is 5.81. The van der Waals surface area contributed by atoms with Gasteiger partial charge in [0.05, 0.1) is 32.8 Å². The fourth-order valence-electron chi connectivity index (χ4n) is 1.85. The van der Waals surface area contributed by atoms with Gasteiger partial charge in [0.25, 0.3) is 0 Å². The quantitative estimate of drug-likeness (QED) is 0.516. The Bertz CT molecular complexity index is 300. The van der Waals surface area contributed by atoms with Crippen LogP contribution in [0.1, 0.15) is 27.7 Å². The molecule has 108 valence electrons. The van der Waals surface area contributed by atoms with Crippen molar-refractivity contribution in [2.75, 3.05) is 32.8 Å². The highest BCUT2D eigenvalue weighted by Crippen LogP contribution is 1.97. The molecule has 0 heterocycles. The van der Waals surface area contributed by atoms with Crippen LogP contribution in [0.2, 0.25) is 0 Å². The number of carbonyl (C=O) groups is 4. The minimum absolute atomic E-state index is 0.0631. The zero-order valence-electron chi connectivity index (χ0n) is 12.1. The molecule has 0 spiro atoms. The van der Waals surface area contributed by atoms with Crippen LogP contribution in [-0.4, -0.2) is 65.8 Å². The molecule has 0 saturated carbocycles. The molecular weight excluding hydrogens is 248 g/mol. The van der Waals surface area contributed by atoms with Gasteiger partial charge in [-0.25, -0.2) is 0 Å². The fourth-order valence-corrected chi connectivity index (χ4v) is 1.85. The lowest BCUT2D eigenvalue weighted by atomic mass is 10.3. The molecule has 0 fully saturated rings. The SMILES string of the molecule is CC(=O)CN(CC(C)=O)CN(CC(C)=O)CC(C)=O. The molecule has 0 bridgehead atoms. The highest BCUT2D eigenvalue weighted by atomic mass is 16.1. The first-order chi connectivity index (χ1) is 8.70. The van der Waals surface area contributed by atoms with Crippen molar-refractivity contribution >= 4 is 23.1 Å². The van der Waals surface area contributed by atoms with Crippen LogP contribution < -0.4 is 0 Å². The average molecular weight is 270 g/mol. The molecule has 19 heavy (non-hydrogen) atoms. The van der Waals surface area contributed by atoms with Gasteiger partial charge in [0, 0.05) is 0 Å². The predicted molar refractivity (Wildman–Crippen MR) is 70.7 cm³/mol. The van der Waals surface area contributed by atoms with Crippen molar-refractivity contribution in [3.63, 3.8) is 0 Å². The van der Waals surface area contributed by atoms with Crippen molar-refractivity contribution in [1.82, 2.24) is 9.80 Å². The Morgan fingerprint density at radius 3 is 0.947 bits per heavy atom. The van der Waals surface area contributed by atoms with E-state index in [1.54, 1.807) is 9.80 Å². The summed E-state index contributed by atoms with van der Waals surface area (Å²) in [5.41, 5.74) is 0. The number of hydrogen-bond donors (Lipinski definition) is 0. The van der Waals surface area contributed by atoms with Gasteiger partial charge < -0.3 is 0 Å². The summed E-state index contributed by atoms with van der Waals surface area (Å²) in [6.45, 7) is 6.52. The van der Waals surface area contributed by atoms with Crippen LogP contribution in [0.3, 0.4) is 0 Å². The van der Waals surface area contributed by atoms with Crippen LogP contribution in [-0.2, 0) is 19.2 Å². The number of carbonyl (C=O) groups excluding carboxylic acids is 4. The van der Waals surface area contributed by atoms with Gasteiger partial charge in [-0.2, -0.15) is 0 Å². The normalized spacial score (nSPS) is 10.8. The van der Waals surface area contributed by atoms with Crippen molar-refractivity contribution in [3.05, 3.63) is 0 Å². The summed E-state index contributed by atoms with van der Waals surface area (Å²) in [7, 11) is 0. The van der Waals surface area contributed by atoms with Crippen LogP contribution in [0.15, 0.2) is 0 Å². The maximum absolute atomic E-state index is 11.2. The third kappa shape index (κ3) is 10.2. The van der Waals surface area contributed by atoms with E-state index in [0.29, 0.717) is 0 Å². The van der Waals surface area contributed by atoms with Crippen molar-refractivity contribution in [1.29, 1.82) is 0 Å². The second kappa shape index (κ2) is 8.66. The second-order valence-electron chi connectivity index (χ2n) is 4.92. The van der Waals surface area contributed by atoms with E-state index in [-0.39, 0.29) is 56.0 Å². The Hall–Kier alpha value is -1.40. The molecule has 0 saturated heterocycles. The van der Waals surface area contributed by atoms with E-state index in [0.717, 1.165) is 0 Å². The van der Waals surface area contributed by atoms with Gasteiger partial charge in [-0.15, -0.1) is 0 Å². The summed E-state index contributed by atoms with van der Waals surface area (Å²) >= 11 is 0. The topological polar surface area (TPSA) is 74.8 Å². The van der Waals surface area contributed by atoms with Crippen LogP contribution in [0.5, 0.6) is 0 Å². The molecule has 6 nitrogen and oxygen atoms in total. The summed E-state index contributed by atoms with van der Waals surface area (Å²) in [6.07, 6.45) is 0. The van der Waals surface area contributed by atoms with Gasteiger partial charge >= 0.3 is 0 Å². The first-order valence-corrected chi connectivity index (χ1v) is 6.13. The highest BCUT2D eigenvalue weighted by Gasteiger charge is 2.17. The van der Waals surface area contributed by atoms with Gasteiger partial charge in [-0.1, -0.05) is 0 Å². The Morgan fingerprint density at radius 1 is 0.579 bits per heavy atom. The summed E-state index contributed by atoms with van der Waals surface area (Å²) in [6, 6.07) is 0. The zero-order valence-corrected chi connectivity index (χ0v) is 12.1. The van der Waals surface area contributed by atoms with Gasteiger partial charge in [0.15, 0.2) is 0 Å². The number of Topliss-reactive ketones (excluding diaryl/α,β-unsaturated/α-hetero) is 4. The van der Waals surface area contributed by atoms with Gasteiger partial charge in [-0.05, 0) is 27.7 Å². The molecule has 0 aromatic heterocycles. The number of hydrogen-bond acceptors (Lipinski definition) is 6. The van der Waals surface area contributed by atoms with E-state index in [1.165, 1.54) is 27.7 Å². The van der Waals surface area contributed by atoms with Gasteiger partial charge in [-0.3, -0.25) is 29.0 Å². The lowest BCUT2D eigenvalue weighted by molar-refractivity contribution is -0.123. The molecule has 0 radical (unpaired) electrons. The molecule has 0 amide bonds. The molecule has 0 aromatic carbocycles. The maximum atomic E-state index is 11.2. The monoisotopic (exact) mass is 270 g/mol. The smallest absolute Gasteiger partial charge is 0.143 e. The Kier molecular flexibility index (Phi) is 8.02. The molecule has 0 aromatic rings. The van der Waals surface area contributed by atoms with Crippen molar-refractivity contribution in [3.8, 4) is 0 Å². The summed E-state index contributed by atoms with van der Waals surface area (Å²) in [5.74, 6) is -0.252. The molecule has 0 atom stereocenters. The van der Waals surface area contributed by atoms with Crippen molar-refractivity contribution in [2.24, 2.45) is 0 Å². The zero-order chi connectivity index (χ0) is 15.0. The maximum Gasteiger partial charge on any atom is 0.143 e. The third-order valence-corrected chi connectivity index (χ3v) is 2.19. The molecule has 0 unspecified atom stereocenters. The largest absolute Gasteiger partial charge is 0.299 e. The number of rotatable bonds is 10. The number of nitrogens with zero attached hydrogens (tertiary/aromatic N) is 2. The lowest BCUT2D eigenvalue weighted by Crippen LogP contribution is -2.45. The van der Waals surface area contributed by atoms with E-state index >= 15 is 0 Å².